The molecule has 4 rings (SSSR count). The number of aromatic hydroxyl groups is 1. The number of hydrogen-bond donors (Lipinski definition) is 5. The zero-order chi connectivity index (χ0) is 26.9. The Morgan fingerprint density at radius 2 is 2.16 bits per heavy atom. The van der Waals surface area contributed by atoms with E-state index in [2.05, 4.69) is 15.5 Å². The molecule has 0 aromatic carbocycles. The van der Waals surface area contributed by atoms with Crippen molar-refractivity contribution < 1.29 is 34.6 Å². The van der Waals surface area contributed by atoms with Gasteiger partial charge >= 0.3 is 5.97 Å². The zero-order valence-corrected chi connectivity index (χ0v) is 20.7. The van der Waals surface area contributed by atoms with Gasteiger partial charge in [-0.05, 0) is 12.5 Å². The molecular formula is C21H20N6O8S2. The maximum absolute atomic E-state index is 13.1. The first-order valence-electron chi connectivity index (χ1n) is 10.5. The van der Waals surface area contributed by atoms with E-state index in [4.69, 9.17) is 10.6 Å². The molecule has 194 valence electrons. The molecule has 16 heteroatoms. The van der Waals surface area contributed by atoms with Crippen molar-refractivity contribution in [2.75, 3.05) is 11.5 Å². The number of carbonyl (C=O) groups is 3. The zero-order valence-electron chi connectivity index (χ0n) is 19.0. The molecule has 6 N–H and O–H groups in total. The summed E-state index contributed by atoms with van der Waals surface area (Å²) in [7, 11) is 0. The number of thioether (sulfide) groups is 1. The van der Waals surface area contributed by atoms with Crippen molar-refractivity contribution in [1.82, 2.24) is 19.9 Å². The first-order chi connectivity index (χ1) is 17.6. The molecule has 2 aliphatic heterocycles. The molecule has 0 radical (unpaired) electrons. The van der Waals surface area contributed by atoms with Gasteiger partial charge in [0.15, 0.2) is 23.2 Å². The number of anilines is 1. The molecule has 1 fully saturated rings. The average molecular weight is 549 g/mol. The van der Waals surface area contributed by atoms with E-state index in [1.807, 2.05) is 0 Å². The predicted molar refractivity (Wildman–Crippen MR) is 132 cm³/mol. The number of aromatic nitrogens is 2. The number of rotatable bonds is 8. The van der Waals surface area contributed by atoms with Crippen molar-refractivity contribution in [3.8, 4) is 5.75 Å². The van der Waals surface area contributed by atoms with Crippen molar-refractivity contribution in [1.29, 1.82) is 0 Å². The Kier molecular flexibility index (Phi) is 7.21. The molecule has 14 nitrogen and oxygen atoms in total. The number of thiazole rings is 1. The van der Waals surface area contributed by atoms with E-state index in [9.17, 15) is 34.6 Å². The van der Waals surface area contributed by atoms with Gasteiger partial charge in [-0.25, -0.2) is 9.78 Å². The van der Waals surface area contributed by atoms with Gasteiger partial charge in [0.25, 0.3) is 11.8 Å². The summed E-state index contributed by atoms with van der Waals surface area (Å²) in [5.74, 6) is -3.03. The first-order valence-corrected chi connectivity index (χ1v) is 12.4. The quantitative estimate of drug-likeness (QED) is 0.129. The van der Waals surface area contributed by atoms with E-state index in [1.165, 1.54) is 17.1 Å². The summed E-state index contributed by atoms with van der Waals surface area (Å²) in [6.07, 6.45) is 4.08. The highest BCUT2D eigenvalue weighted by Gasteiger charge is 2.54. The number of carboxylic acid groups (broad SMARTS) is 1. The molecule has 1 saturated heterocycles. The summed E-state index contributed by atoms with van der Waals surface area (Å²) in [5, 5.41) is 36.1. The second kappa shape index (κ2) is 10.4. The molecule has 0 aliphatic carbocycles. The van der Waals surface area contributed by atoms with E-state index in [0.29, 0.717) is 16.1 Å². The van der Waals surface area contributed by atoms with Crippen LogP contribution in [0, 0.1) is 0 Å². The molecule has 0 unspecified atom stereocenters. The first kappa shape index (κ1) is 25.8. The molecule has 0 spiro atoms. The lowest BCUT2D eigenvalue weighted by atomic mass is 10.0. The summed E-state index contributed by atoms with van der Waals surface area (Å²) >= 11 is 2.33. The van der Waals surface area contributed by atoms with Gasteiger partial charge in [0.1, 0.15) is 28.5 Å². The Balaban J connectivity index is 1.54. The number of allylic oxidation sites excluding steroid dienone is 2. The molecule has 2 aliphatic rings. The molecule has 4 heterocycles. The SMILES string of the molecule is C/C=C/C1=C(C(=O)O)N2C(=O)[C@@H](NC(=O)/C(=N\OCc3cc(=O)c(O)cn3O)c3csc(N)n3)[C@H]2SC1. The van der Waals surface area contributed by atoms with Crippen LogP contribution >= 0.6 is 23.1 Å². The number of hydrogen-bond acceptors (Lipinski definition) is 12. The van der Waals surface area contributed by atoms with Gasteiger partial charge in [-0.3, -0.25) is 19.3 Å². The van der Waals surface area contributed by atoms with Crippen LogP contribution in [0.15, 0.2) is 51.0 Å². The molecule has 37 heavy (non-hydrogen) atoms. The molecule has 2 aromatic heterocycles. The van der Waals surface area contributed by atoms with Crippen LogP contribution in [-0.2, 0) is 25.8 Å². The van der Waals surface area contributed by atoms with Crippen LogP contribution in [-0.4, -0.2) is 70.7 Å². The van der Waals surface area contributed by atoms with E-state index in [0.717, 1.165) is 28.5 Å². The third-order valence-electron chi connectivity index (χ3n) is 5.29. The number of nitrogens with zero attached hydrogens (tertiary/aromatic N) is 4. The summed E-state index contributed by atoms with van der Waals surface area (Å²) in [6, 6.07) is -0.108. The highest BCUT2D eigenvalue weighted by molar-refractivity contribution is 8.00. The Hall–Kier alpha value is -4.31. The number of β-lactam (4-membered cyclic amide) rings is 1. The number of oxime groups is 1. The Morgan fingerprint density at radius 1 is 1.41 bits per heavy atom. The number of carboxylic acids is 1. The molecular weight excluding hydrogens is 528 g/mol. The fourth-order valence-electron chi connectivity index (χ4n) is 3.61. The largest absolute Gasteiger partial charge is 0.503 e. The summed E-state index contributed by atoms with van der Waals surface area (Å²) in [5.41, 5.74) is 4.90. The molecule has 2 aromatic rings. The maximum atomic E-state index is 13.1. The minimum absolute atomic E-state index is 0.0495. The number of pyridine rings is 1. The van der Waals surface area contributed by atoms with Gasteiger partial charge in [-0.1, -0.05) is 17.3 Å². The minimum Gasteiger partial charge on any atom is -0.503 e. The van der Waals surface area contributed by atoms with Gasteiger partial charge in [-0.2, -0.15) is 4.73 Å². The van der Waals surface area contributed by atoms with Crippen LogP contribution in [0.3, 0.4) is 0 Å². The second-order valence-corrected chi connectivity index (χ2v) is 9.68. The standard InChI is InChI=1S/C21H20N6O8S2/c1-2-3-9-7-36-19-15(18(31)27(19)16(9)20(32)33)24-17(30)14(11-8-37-21(22)23-11)25-35-6-10-4-12(28)13(29)5-26(10)34/h2-5,8,15,19,29,34H,6-7H2,1H3,(H2,22,23)(H,24,30)(H,32,33)/b3-2+,25-14-/t15-,19-/m1/s1. The molecule has 2 amide bonds. The smallest absolute Gasteiger partial charge is 0.352 e. The molecule has 0 bridgehead atoms. The van der Waals surface area contributed by atoms with Gasteiger partial charge < -0.3 is 31.3 Å². The van der Waals surface area contributed by atoms with E-state index >= 15 is 0 Å². The molecule has 0 saturated carbocycles. The van der Waals surface area contributed by atoms with Gasteiger partial charge in [-0.15, -0.1) is 23.1 Å². The van der Waals surface area contributed by atoms with E-state index < -0.39 is 47.0 Å². The topological polar surface area (TPSA) is 210 Å². The average Bonchev–Trinajstić information content (AvgIpc) is 3.28. The Morgan fingerprint density at radius 3 is 2.81 bits per heavy atom. The highest BCUT2D eigenvalue weighted by atomic mass is 32.2. The van der Waals surface area contributed by atoms with Crippen molar-refractivity contribution in [2.45, 2.75) is 24.9 Å². The van der Waals surface area contributed by atoms with Crippen LogP contribution in [0.5, 0.6) is 5.75 Å². The van der Waals surface area contributed by atoms with Crippen LogP contribution < -0.4 is 16.5 Å². The lowest BCUT2D eigenvalue weighted by Crippen LogP contribution is -2.71. The number of nitrogens with two attached hydrogens (primary N) is 1. The van der Waals surface area contributed by atoms with Crippen LogP contribution in [0.4, 0.5) is 5.13 Å². The number of nitrogen functional groups attached to an aromatic ring is 1. The third-order valence-corrected chi connectivity index (χ3v) is 7.27. The van der Waals surface area contributed by atoms with Crippen LogP contribution in [0.25, 0.3) is 0 Å². The van der Waals surface area contributed by atoms with E-state index in [1.54, 1.807) is 19.1 Å². The van der Waals surface area contributed by atoms with Crippen LogP contribution in [0.1, 0.15) is 18.3 Å². The molecule has 2 atom stereocenters. The van der Waals surface area contributed by atoms with Crippen molar-refractivity contribution >= 4 is 51.7 Å². The highest BCUT2D eigenvalue weighted by Crippen LogP contribution is 2.40. The predicted octanol–water partition coefficient (Wildman–Crippen LogP) is 0.0655. The minimum atomic E-state index is -1.25. The number of nitrogens with one attached hydrogen (secondary N) is 1. The van der Waals surface area contributed by atoms with Gasteiger partial charge in [0, 0.05) is 17.2 Å². The number of aliphatic carboxylic acids is 1. The third kappa shape index (κ3) is 5.01. The van der Waals surface area contributed by atoms with Crippen LogP contribution in [0.2, 0.25) is 0 Å². The lowest BCUT2D eigenvalue weighted by Gasteiger charge is -2.49. The van der Waals surface area contributed by atoms with Crippen molar-refractivity contribution in [3.63, 3.8) is 0 Å². The number of amides is 2. The lowest BCUT2D eigenvalue weighted by molar-refractivity contribution is -0.150. The summed E-state index contributed by atoms with van der Waals surface area (Å²) in [6.45, 7) is 1.27. The van der Waals surface area contributed by atoms with E-state index in [-0.39, 0.29) is 27.9 Å². The number of carbonyl (C=O) groups excluding carboxylic acids is 2. The normalized spacial score (nSPS) is 19.5. The van der Waals surface area contributed by atoms with Crippen molar-refractivity contribution in [3.05, 3.63) is 62.7 Å². The maximum Gasteiger partial charge on any atom is 0.352 e. The summed E-state index contributed by atoms with van der Waals surface area (Å²) < 4.78 is 0.463. The monoisotopic (exact) mass is 548 g/mol. The van der Waals surface area contributed by atoms with Gasteiger partial charge in [0.05, 0.1) is 6.20 Å². The Labute approximate surface area is 216 Å². The fourth-order valence-corrected chi connectivity index (χ4v) is 5.47. The van der Waals surface area contributed by atoms with Crippen molar-refractivity contribution in [2.24, 2.45) is 5.16 Å². The van der Waals surface area contributed by atoms with Gasteiger partial charge in [0.2, 0.25) is 5.43 Å². The number of fused-ring (bicyclic) bond motifs is 1. The Bertz CT molecular complexity index is 1430. The second-order valence-electron chi connectivity index (χ2n) is 7.68. The summed E-state index contributed by atoms with van der Waals surface area (Å²) in [4.78, 5) is 59.7. The fraction of sp³-hybridized carbons (Fsp3) is 0.238.